The molecule has 0 fully saturated rings. The van der Waals surface area contributed by atoms with Crippen molar-refractivity contribution in [3.63, 3.8) is 0 Å². The predicted molar refractivity (Wildman–Crippen MR) is 85.8 cm³/mol. The van der Waals surface area contributed by atoms with Gasteiger partial charge in [0.2, 0.25) is 0 Å². The van der Waals surface area contributed by atoms with E-state index in [-0.39, 0.29) is 5.91 Å². The smallest absolute Gasteiger partial charge is 0.259 e. The van der Waals surface area contributed by atoms with Crippen LogP contribution in [0.15, 0.2) is 51.4 Å². The highest BCUT2D eigenvalue weighted by molar-refractivity contribution is 9.13. The molecule has 1 N–H and O–H groups in total. The highest BCUT2D eigenvalue weighted by Crippen LogP contribution is 2.37. The van der Waals surface area contributed by atoms with Gasteiger partial charge in [-0.2, -0.15) is 0 Å². The van der Waals surface area contributed by atoms with Crippen molar-refractivity contribution in [1.29, 1.82) is 0 Å². The minimum atomic E-state index is -0.242. The van der Waals surface area contributed by atoms with Crippen molar-refractivity contribution >= 4 is 59.7 Å². The van der Waals surface area contributed by atoms with Gasteiger partial charge in [0, 0.05) is 10.2 Å². The van der Waals surface area contributed by atoms with Gasteiger partial charge in [-0.15, -0.1) is 0 Å². The predicted octanol–water partition coefficient (Wildman–Crippen LogP) is 5.15. The lowest BCUT2D eigenvalue weighted by Crippen LogP contribution is -2.12. The van der Waals surface area contributed by atoms with E-state index in [1.165, 1.54) is 0 Å². The second kappa shape index (κ2) is 6.54. The molecule has 6 heteroatoms. The summed E-state index contributed by atoms with van der Waals surface area (Å²) in [6.07, 6.45) is 0. The Balaban J connectivity index is 2.32. The second-order valence-corrected chi connectivity index (χ2v) is 5.61. The highest BCUT2D eigenvalue weighted by Gasteiger charge is 2.17. The Bertz CT molecular complexity index is 602. The van der Waals surface area contributed by atoms with Crippen LogP contribution in [-0.4, -0.2) is 5.91 Å². The van der Waals surface area contributed by atoms with Crippen molar-refractivity contribution in [2.45, 2.75) is 0 Å². The minimum Gasteiger partial charge on any atom is -0.416 e. The van der Waals surface area contributed by atoms with Crippen LogP contribution in [0.4, 0.5) is 5.69 Å². The lowest BCUT2D eigenvalue weighted by atomic mass is 10.2. The van der Waals surface area contributed by atoms with Gasteiger partial charge >= 0.3 is 0 Å². The summed E-state index contributed by atoms with van der Waals surface area (Å²) in [7, 11) is 0. The summed E-state index contributed by atoms with van der Waals surface area (Å²) < 4.78 is 6.57. The quantitative estimate of drug-likeness (QED) is 0.703. The van der Waals surface area contributed by atoms with Crippen molar-refractivity contribution in [3.8, 4) is 5.75 Å². The van der Waals surface area contributed by atoms with Crippen molar-refractivity contribution in [2.75, 3.05) is 5.32 Å². The zero-order chi connectivity index (χ0) is 13.8. The first-order valence-corrected chi connectivity index (χ1v) is 7.50. The average Bonchev–Trinajstić information content (AvgIpc) is 2.42. The molecule has 3 nitrogen and oxygen atoms in total. The number of halogens is 3. The second-order valence-electron chi connectivity index (χ2n) is 3.64. The van der Waals surface area contributed by atoms with Gasteiger partial charge in [0.25, 0.3) is 5.91 Å². The Morgan fingerprint density at radius 3 is 2.37 bits per heavy atom. The third kappa shape index (κ3) is 3.38. The first-order chi connectivity index (χ1) is 9.13. The standard InChI is InChI=1S/C13H8Br3NO2/c14-10-7-6-9(12(19-16)11(10)15)13(18)17-8-4-2-1-3-5-8/h1-7H,(H,17,18). The van der Waals surface area contributed by atoms with Gasteiger partial charge < -0.3 is 9.15 Å². The number of carbonyl (C=O) groups excluding carboxylic acids is 1. The van der Waals surface area contributed by atoms with Crippen LogP contribution >= 0.6 is 48.1 Å². The number of rotatable bonds is 3. The van der Waals surface area contributed by atoms with Crippen LogP contribution in [0.1, 0.15) is 10.4 Å². The van der Waals surface area contributed by atoms with Crippen molar-refractivity contribution < 1.29 is 8.62 Å². The molecule has 0 heterocycles. The number of nitrogens with one attached hydrogen (secondary N) is 1. The maximum absolute atomic E-state index is 12.2. The molecule has 0 aromatic heterocycles. The fourth-order valence-corrected chi connectivity index (χ4v) is 2.80. The summed E-state index contributed by atoms with van der Waals surface area (Å²) >= 11 is 9.64. The first kappa shape index (κ1) is 14.6. The molecule has 1 amide bonds. The number of anilines is 1. The summed E-state index contributed by atoms with van der Waals surface area (Å²) in [5.74, 6) is 0.177. The number of para-hydroxylation sites is 1. The van der Waals surface area contributed by atoms with Gasteiger partial charge in [0.1, 0.15) is 0 Å². The molecule has 0 bridgehead atoms. The zero-order valence-electron chi connectivity index (χ0n) is 9.49. The third-order valence-electron chi connectivity index (χ3n) is 2.40. The van der Waals surface area contributed by atoms with E-state index in [0.29, 0.717) is 15.8 Å². The summed E-state index contributed by atoms with van der Waals surface area (Å²) in [4.78, 5) is 12.2. The van der Waals surface area contributed by atoms with Gasteiger partial charge in [-0.1, -0.05) is 18.2 Å². The molecule has 0 aliphatic heterocycles. The summed E-state index contributed by atoms with van der Waals surface area (Å²) in [6.45, 7) is 0. The molecule has 0 spiro atoms. The number of amides is 1. The van der Waals surface area contributed by atoms with Crippen LogP contribution in [-0.2, 0) is 0 Å². The lowest BCUT2D eigenvalue weighted by molar-refractivity contribution is 0.102. The van der Waals surface area contributed by atoms with Crippen molar-refractivity contribution in [1.82, 2.24) is 0 Å². The molecule has 0 unspecified atom stereocenters. The Labute approximate surface area is 136 Å². The van der Waals surface area contributed by atoms with E-state index in [9.17, 15) is 4.79 Å². The van der Waals surface area contributed by atoms with E-state index in [1.54, 1.807) is 12.1 Å². The molecule has 2 aromatic rings. The maximum Gasteiger partial charge on any atom is 0.259 e. The summed E-state index contributed by atoms with van der Waals surface area (Å²) in [5.41, 5.74) is 1.16. The summed E-state index contributed by atoms with van der Waals surface area (Å²) in [6, 6.07) is 12.7. The van der Waals surface area contributed by atoms with Crippen LogP contribution < -0.4 is 9.15 Å². The molecule has 2 aromatic carbocycles. The maximum atomic E-state index is 12.2. The van der Waals surface area contributed by atoms with Crippen molar-refractivity contribution in [3.05, 3.63) is 57.0 Å². The van der Waals surface area contributed by atoms with E-state index in [2.05, 4.69) is 53.4 Å². The summed E-state index contributed by atoms with van der Waals surface area (Å²) in [5, 5.41) is 2.80. The van der Waals surface area contributed by atoms with E-state index in [0.717, 1.165) is 10.2 Å². The normalized spacial score (nSPS) is 10.1. The van der Waals surface area contributed by atoms with E-state index in [1.807, 2.05) is 30.3 Å². The Morgan fingerprint density at radius 1 is 1.05 bits per heavy atom. The Hall–Kier alpha value is -0.850. The molecule has 2 rings (SSSR count). The Morgan fingerprint density at radius 2 is 1.74 bits per heavy atom. The monoisotopic (exact) mass is 447 g/mol. The van der Waals surface area contributed by atoms with E-state index in [4.69, 9.17) is 3.83 Å². The Kier molecular flexibility index (Phi) is 5.01. The third-order valence-corrected chi connectivity index (χ3v) is 4.71. The topological polar surface area (TPSA) is 38.3 Å². The molecule has 0 atom stereocenters. The molecular formula is C13H8Br3NO2. The van der Waals surface area contributed by atoms with Gasteiger partial charge in [0.05, 0.1) is 10.0 Å². The molecule has 0 radical (unpaired) electrons. The van der Waals surface area contributed by atoms with Crippen LogP contribution in [0.2, 0.25) is 0 Å². The van der Waals surface area contributed by atoms with Crippen LogP contribution in [0, 0.1) is 0 Å². The largest absolute Gasteiger partial charge is 0.416 e. The molecule has 0 aliphatic carbocycles. The molecule has 0 saturated carbocycles. The van der Waals surface area contributed by atoms with Crippen LogP contribution in [0.3, 0.4) is 0 Å². The van der Waals surface area contributed by atoms with Gasteiger partial charge in [-0.25, -0.2) is 0 Å². The number of hydrogen-bond donors (Lipinski definition) is 1. The lowest BCUT2D eigenvalue weighted by Gasteiger charge is -2.10. The van der Waals surface area contributed by atoms with Gasteiger partial charge in [-0.3, -0.25) is 4.79 Å². The van der Waals surface area contributed by atoms with Crippen LogP contribution in [0.5, 0.6) is 5.75 Å². The molecular weight excluding hydrogens is 442 g/mol. The molecule has 0 aliphatic rings. The zero-order valence-corrected chi connectivity index (χ0v) is 14.2. The van der Waals surface area contributed by atoms with Crippen LogP contribution in [0.25, 0.3) is 0 Å². The fraction of sp³-hybridized carbons (Fsp3) is 0. The molecule has 98 valence electrons. The SMILES string of the molecule is O=C(Nc1ccccc1)c1ccc(Br)c(Br)c1OBr. The van der Waals surface area contributed by atoms with E-state index < -0.39 is 0 Å². The molecule has 0 saturated heterocycles. The fourth-order valence-electron chi connectivity index (χ4n) is 1.51. The highest BCUT2D eigenvalue weighted by atomic mass is 79.9. The number of carbonyl (C=O) groups is 1. The van der Waals surface area contributed by atoms with Crippen molar-refractivity contribution in [2.24, 2.45) is 0 Å². The minimum absolute atomic E-state index is 0.242. The van der Waals surface area contributed by atoms with E-state index >= 15 is 0 Å². The molecule has 19 heavy (non-hydrogen) atoms. The number of benzene rings is 2. The van der Waals surface area contributed by atoms with Gasteiger partial charge in [0.15, 0.2) is 22.0 Å². The number of hydrogen-bond acceptors (Lipinski definition) is 2. The van der Waals surface area contributed by atoms with Gasteiger partial charge in [-0.05, 0) is 56.1 Å². The average molecular weight is 450 g/mol. The first-order valence-electron chi connectivity index (χ1n) is 5.26.